The van der Waals surface area contributed by atoms with Crippen molar-refractivity contribution in [3.63, 3.8) is 0 Å². The standard InChI is InChI=1S/C13H28N2O3/c1-3-7-18-11-5-4-6-15(8-11)13(9-16)12(14)10-17-2/h11-13,16H,3-10,14H2,1-2H3. The van der Waals surface area contributed by atoms with Gasteiger partial charge in [-0.2, -0.15) is 0 Å². The first-order valence-corrected chi connectivity index (χ1v) is 6.93. The van der Waals surface area contributed by atoms with Gasteiger partial charge in [0.15, 0.2) is 0 Å². The third-order valence-electron chi connectivity index (χ3n) is 3.48. The SMILES string of the molecule is CCCOC1CCCN(C(CO)C(N)COC)C1. The van der Waals surface area contributed by atoms with E-state index in [0.717, 1.165) is 39.0 Å². The lowest BCUT2D eigenvalue weighted by atomic mass is 10.0. The Kier molecular flexibility index (Phi) is 7.77. The fraction of sp³-hybridized carbons (Fsp3) is 1.00. The van der Waals surface area contributed by atoms with Gasteiger partial charge in [-0.15, -0.1) is 0 Å². The van der Waals surface area contributed by atoms with Crippen LogP contribution in [0.15, 0.2) is 0 Å². The van der Waals surface area contributed by atoms with Gasteiger partial charge in [-0.3, -0.25) is 4.90 Å². The minimum atomic E-state index is -0.148. The molecule has 0 aromatic rings. The second-order valence-corrected chi connectivity index (χ2v) is 5.00. The van der Waals surface area contributed by atoms with Crippen molar-refractivity contribution in [2.24, 2.45) is 5.73 Å². The highest BCUT2D eigenvalue weighted by molar-refractivity contribution is 4.86. The molecule has 1 fully saturated rings. The van der Waals surface area contributed by atoms with Gasteiger partial charge < -0.3 is 20.3 Å². The molecule has 3 unspecified atom stereocenters. The van der Waals surface area contributed by atoms with Crippen LogP contribution in [-0.2, 0) is 9.47 Å². The Bertz CT molecular complexity index is 216. The highest BCUT2D eigenvalue weighted by Gasteiger charge is 2.29. The van der Waals surface area contributed by atoms with E-state index in [9.17, 15) is 5.11 Å². The topological polar surface area (TPSA) is 68.0 Å². The number of aliphatic hydroxyl groups is 1. The predicted octanol–water partition coefficient (Wildman–Crippen LogP) is 0.212. The maximum absolute atomic E-state index is 9.52. The lowest BCUT2D eigenvalue weighted by Crippen LogP contribution is -2.56. The Morgan fingerprint density at radius 2 is 2.28 bits per heavy atom. The van der Waals surface area contributed by atoms with E-state index in [1.807, 2.05) is 0 Å². The summed E-state index contributed by atoms with van der Waals surface area (Å²) in [6.45, 7) is 5.32. The number of aliphatic hydroxyl groups excluding tert-OH is 1. The van der Waals surface area contributed by atoms with Crippen LogP contribution in [-0.4, -0.2) is 68.2 Å². The highest BCUT2D eigenvalue weighted by atomic mass is 16.5. The van der Waals surface area contributed by atoms with E-state index in [1.165, 1.54) is 0 Å². The Morgan fingerprint density at radius 3 is 2.89 bits per heavy atom. The van der Waals surface area contributed by atoms with Gasteiger partial charge in [0, 0.05) is 26.3 Å². The second-order valence-electron chi connectivity index (χ2n) is 5.00. The third kappa shape index (κ3) is 4.82. The molecule has 0 aromatic carbocycles. The molecule has 1 aliphatic heterocycles. The van der Waals surface area contributed by atoms with Crippen LogP contribution in [0, 0.1) is 0 Å². The number of nitrogens with two attached hydrogens (primary N) is 1. The van der Waals surface area contributed by atoms with Gasteiger partial charge in [-0.05, 0) is 25.8 Å². The predicted molar refractivity (Wildman–Crippen MR) is 71.6 cm³/mol. The lowest BCUT2D eigenvalue weighted by molar-refractivity contribution is -0.0287. The Balaban J connectivity index is 2.46. The van der Waals surface area contributed by atoms with E-state index < -0.39 is 0 Å². The monoisotopic (exact) mass is 260 g/mol. The number of hydrogen-bond donors (Lipinski definition) is 2. The summed E-state index contributed by atoms with van der Waals surface area (Å²) in [6.07, 6.45) is 3.53. The number of methoxy groups -OCH3 is 1. The average molecular weight is 260 g/mol. The normalized spacial score (nSPS) is 25.0. The molecule has 1 aliphatic rings. The van der Waals surface area contributed by atoms with Crippen molar-refractivity contribution in [3.05, 3.63) is 0 Å². The Hall–Kier alpha value is -0.200. The smallest absolute Gasteiger partial charge is 0.0702 e. The molecule has 1 rings (SSSR count). The second kappa shape index (κ2) is 8.82. The molecule has 3 atom stereocenters. The number of piperidine rings is 1. The van der Waals surface area contributed by atoms with Gasteiger partial charge in [0.2, 0.25) is 0 Å². The Labute approximate surface area is 110 Å². The number of nitrogens with zero attached hydrogens (tertiary/aromatic N) is 1. The molecule has 0 saturated carbocycles. The van der Waals surface area contributed by atoms with E-state index in [1.54, 1.807) is 7.11 Å². The molecule has 0 radical (unpaired) electrons. The van der Waals surface area contributed by atoms with Crippen LogP contribution in [0.5, 0.6) is 0 Å². The molecule has 108 valence electrons. The molecule has 0 bridgehead atoms. The minimum absolute atomic E-state index is 0.0297. The zero-order valence-electron chi connectivity index (χ0n) is 11.7. The minimum Gasteiger partial charge on any atom is -0.395 e. The van der Waals surface area contributed by atoms with Gasteiger partial charge in [0.1, 0.15) is 0 Å². The van der Waals surface area contributed by atoms with E-state index in [4.69, 9.17) is 15.2 Å². The van der Waals surface area contributed by atoms with Crippen molar-refractivity contribution in [1.29, 1.82) is 0 Å². The number of ether oxygens (including phenoxy) is 2. The van der Waals surface area contributed by atoms with Gasteiger partial charge in [0.25, 0.3) is 0 Å². The van der Waals surface area contributed by atoms with E-state index in [0.29, 0.717) is 6.61 Å². The fourth-order valence-corrected chi connectivity index (χ4v) is 2.51. The molecule has 1 heterocycles. The van der Waals surface area contributed by atoms with Crippen molar-refractivity contribution in [2.75, 3.05) is 40.0 Å². The van der Waals surface area contributed by atoms with Crippen LogP contribution >= 0.6 is 0 Å². The van der Waals surface area contributed by atoms with Gasteiger partial charge in [-0.25, -0.2) is 0 Å². The van der Waals surface area contributed by atoms with Crippen LogP contribution in [0.4, 0.5) is 0 Å². The zero-order chi connectivity index (χ0) is 13.4. The maximum atomic E-state index is 9.52. The summed E-state index contributed by atoms with van der Waals surface area (Å²) in [7, 11) is 1.64. The molecule has 3 N–H and O–H groups in total. The first kappa shape index (κ1) is 15.9. The molecule has 0 amide bonds. The quantitative estimate of drug-likeness (QED) is 0.653. The number of hydrogen-bond acceptors (Lipinski definition) is 5. The summed E-state index contributed by atoms with van der Waals surface area (Å²) in [5.74, 6) is 0. The maximum Gasteiger partial charge on any atom is 0.0702 e. The largest absolute Gasteiger partial charge is 0.395 e. The van der Waals surface area contributed by atoms with E-state index in [2.05, 4.69) is 11.8 Å². The van der Waals surface area contributed by atoms with Crippen LogP contribution < -0.4 is 5.73 Å². The van der Waals surface area contributed by atoms with Gasteiger partial charge >= 0.3 is 0 Å². The fourth-order valence-electron chi connectivity index (χ4n) is 2.51. The molecular formula is C13H28N2O3. The number of likely N-dealkylation sites (tertiary alicyclic amines) is 1. The molecule has 5 nitrogen and oxygen atoms in total. The van der Waals surface area contributed by atoms with Crippen molar-refractivity contribution < 1.29 is 14.6 Å². The molecular weight excluding hydrogens is 232 g/mol. The molecule has 0 aromatic heterocycles. The Morgan fingerprint density at radius 1 is 1.50 bits per heavy atom. The summed E-state index contributed by atoms with van der Waals surface area (Å²) >= 11 is 0. The average Bonchev–Trinajstić information content (AvgIpc) is 2.38. The lowest BCUT2D eigenvalue weighted by Gasteiger charge is -2.39. The van der Waals surface area contributed by atoms with Crippen molar-refractivity contribution >= 4 is 0 Å². The summed E-state index contributed by atoms with van der Waals surface area (Å²) in [5, 5.41) is 9.52. The first-order valence-electron chi connectivity index (χ1n) is 6.93. The van der Waals surface area contributed by atoms with Gasteiger partial charge in [0.05, 0.1) is 25.4 Å². The van der Waals surface area contributed by atoms with Crippen LogP contribution in [0.2, 0.25) is 0 Å². The highest BCUT2D eigenvalue weighted by Crippen LogP contribution is 2.17. The summed E-state index contributed by atoms with van der Waals surface area (Å²) < 4.78 is 10.9. The van der Waals surface area contributed by atoms with Crippen LogP contribution in [0.25, 0.3) is 0 Å². The van der Waals surface area contributed by atoms with Gasteiger partial charge in [-0.1, -0.05) is 6.92 Å². The third-order valence-corrected chi connectivity index (χ3v) is 3.48. The van der Waals surface area contributed by atoms with Crippen molar-refractivity contribution in [2.45, 2.75) is 44.4 Å². The van der Waals surface area contributed by atoms with Crippen molar-refractivity contribution in [3.8, 4) is 0 Å². The summed E-state index contributed by atoms with van der Waals surface area (Å²) in [4.78, 5) is 2.24. The summed E-state index contributed by atoms with van der Waals surface area (Å²) in [5.41, 5.74) is 6.05. The number of rotatable bonds is 8. The van der Waals surface area contributed by atoms with Crippen LogP contribution in [0.3, 0.4) is 0 Å². The molecule has 0 spiro atoms. The van der Waals surface area contributed by atoms with Crippen LogP contribution in [0.1, 0.15) is 26.2 Å². The summed E-state index contributed by atoms with van der Waals surface area (Å²) in [6, 6.07) is -0.178. The molecule has 0 aliphatic carbocycles. The molecule has 18 heavy (non-hydrogen) atoms. The zero-order valence-corrected chi connectivity index (χ0v) is 11.7. The van der Waals surface area contributed by atoms with E-state index >= 15 is 0 Å². The van der Waals surface area contributed by atoms with E-state index in [-0.39, 0.29) is 24.8 Å². The first-order chi connectivity index (χ1) is 8.72. The molecule has 1 saturated heterocycles. The molecule has 5 heteroatoms. The van der Waals surface area contributed by atoms with Crippen molar-refractivity contribution in [1.82, 2.24) is 4.90 Å².